The molecule has 0 saturated heterocycles. The van der Waals surface area contributed by atoms with E-state index in [1.54, 1.807) is 0 Å². The van der Waals surface area contributed by atoms with Crippen LogP contribution in [0.2, 0.25) is 0 Å². The molecule has 1 saturated carbocycles. The number of hydrogen-bond donors (Lipinski definition) is 2. The zero-order valence-corrected chi connectivity index (χ0v) is 23.8. The van der Waals surface area contributed by atoms with Gasteiger partial charge in [-0.1, -0.05) is 36.4 Å². The summed E-state index contributed by atoms with van der Waals surface area (Å²) in [5.41, 5.74) is -4.47. The number of rotatable bonds is 8. The van der Waals surface area contributed by atoms with Gasteiger partial charge in [0.15, 0.2) is 5.03 Å². The van der Waals surface area contributed by atoms with Crippen molar-refractivity contribution in [3.8, 4) is 27.4 Å². The quantitative estimate of drug-likeness (QED) is 0.188. The predicted molar refractivity (Wildman–Crippen MR) is 146 cm³/mol. The first kappa shape index (κ1) is 31.3. The van der Waals surface area contributed by atoms with Crippen LogP contribution in [0.4, 0.5) is 36.4 Å². The number of sulfonamides is 1. The number of alkyl halides is 6. The van der Waals surface area contributed by atoms with Crippen molar-refractivity contribution >= 4 is 33.0 Å². The SMILES string of the molecule is COc1cc(C(=O)O)c(F)cc1NS(=O)(=O)c1csc(-c2ccc(-c3ccc(C4(C(F)(F)F)CC4)cc3)cc2C(F)(F)F)n1. The van der Waals surface area contributed by atoms with Crippen LogP contribution >= 0.6 is 11.3 Å². The number of nitrogens with zero attached hydrogens (tertiary/aromatic N) is 1. The third-order valence-corrected chi connectivity index (χ3v) is 9.41. The summed E-state index contributed by atoms with van der Waals surface area (Å²) in [6.45, 7) is 0. The van der Waals surface area contributed by atoms with Gasteiger partial charge in [0.25, 0.3) is 10.0 Å². The number of aromatic nitrogens is 1. The van der Waals surface area contributed by atoms with Crippen molar-refractivity contribution in [1.29, 1.82) is 0 Å². The summed E-state index contributed by atoms with van der Waals surface area (Å²) in [6, 6.07) is 9.65. The number of methoxy groups -OCH3 is 1. The highest BCUT2D eigenvalue weighted by atomic mass is 32.2. The fourth-order valence-electron chi connectivity index (χ4n) is 4.66. The van der Waals surface area contributed by atoms with Gasteiger partial charge in [-0.3, -0.25) is 4.72 Å². The van der Waals surface area contributed by atoms with Gasteiger partial charge in [-0.2, -0.15) is 34.8 Å². The number of halogens is 7. The standard InChI is InChI=1S/C28H19F7N2O5S2/c1-42-22-11-18(25(38)39)20(29)12-21(22)37-44(40,41)23-13-43-24(36-23)17-7-4-15(10-19(17)27(30,31)32)14-2-5-16(6-3-14)26(8-9-26)28(33,34)35/h2-7,10-13,37H,8-9H2,1H3,(H,38,39). The molecule has 1 heterocycles. The minimum atomic E-state index is -4.92. The normalized spacial score (nSPS) is 14.7. The van der Waals surface area contributed by atoms with Crippen molar-refractivity contribution in [3.05, 3.63) is 82.5 Å². The number of hydrogen-bond acceptors (Lipinski definition) is 6. The summed E-state index contributed by atoms with van der Waals surface area (Å²) in [6.07, 6.45) is -9.49. The van der Waals surface area contributed by atoms with Crippen LogP contribution in [0.1, 0.15) is 34.3 Å². The van der Waals surface area contributed by atoms with Crippen molar-refractivity contribution in [2.24, 2.45) is 0 Å². The molecule has 0 spiro atoms. The summed E-state index contributed by atoms with van der Waals surface area (Å²) in [7, 11) is -3.53. The Balaban J connectivity index is 1.46. The van der Waals surface area contributed by atoms with Crippen LogP contribution < -0.4 is 9.46 Å². The van der Waals surface area contributed by atoms with Gasteiger partial charge in [-0.05, 0) is 41.7 Å². The van der Waals surface area contributed by atoms with E-state index in [1.165, 1.54) is 30.3 Å². The van der Waals surface area contributed by atoms with E-state index < -0.39 is 67.0 Å². The van der Waals surface area contributed by atoms with Gasteiger partial charge < -0.3 is 9.84 Å². The Bertz CT molecular complexity index is 1860. The van der Waals surface area contributed by atoms with Gasteiger partial charge in [-0.25, -0.2) is 14.2 Å². The molecular formula is C28H19F7N2O5S2. The summed E-state index contributed by atoms with van der Waals surface area (Å²) in [4.78, 5) is 15.0. The van der Waals surface area contributed by atoms with Gasteiger partial charge in [-0.15, -0.1) is 11.3 Å². The Morgan fingerprint density at radius 3 is 2.18 bits per heavy atom. The third kappa shape index (κ3) is 5.70. The van der Waals surface area contributed by atoms with Crippen molar-refractivity contribution in [1.82, 2.24) is 4.98 Å². The van der Waals surface area contributed by atoms with Crippen LogP contribution in [0.25, 0.3) is 21.7 Å². The number of ether oxygens (including phenoxy) is 1. The highest BCUT2D eigenvalue weighted by Crippen LogP contribution is 2.59. The second kappa shape index (κ2) is 10.8. The molecule has 0 amide bonds. The Morgan fingerprint density at radius 2 is 1.64 bits per heavy atom. The minimum absolute atomic E-state index is 0.0322. The molecule has 232 valence electrons. The Kier molecular flexibility index (Phi) is 7.65. The number of carboxylic acids is 1. The topological polar surface area (TPSA) is 106 Å². The first-order valence-corrected chi connectivity index (χ1v) is 14.8. The van der Waals surface area contributed by atoms with Crippen LogP contribution in [0.5, 0.6) is 5.75 Å². The molecule has 1 fully saturated rings. The van der Waals surface area contributed by atoms with Crippen LogP contribution in [0, 0.1) is 5.82 Å². The summed E-state index contributed by atoms with van der Waals surface area (Å²) < 4.78 is 130. The van der Waals surface area contributed by atoms with E-state index in [9.17, 15) is 43.9 Å². The highest BCUT2D eigenvalue weighted by molar-refractivity contribution is 7.92. The lowest BCUT2D eigenvalue weighted by molar-refractivity contribution is -0.160. The first-order valence-electron chi connectivity index (χ1n) is 12.5. The van der Waals surface area contributed by atoms with E-state index in [2.05, 4.69) is 4.98 Å². The maximum Gasteiger partial charge on any atom is 0.417 e. The zero-order valence-electron chi connectivity index (χ0n) is 22.2. The summed E-state index contributed by atoms with van der Waals surface area (Å²) in [5.74, 6) is -3.24. The Morgan fingerprint density at radius 1 is 1.00 bits per heavy atom. The maximum atomic E-state index is 14.2. The second-order valence-electron chi connectivity index (χ2n) is 9.85. The number of aromatic carboxylic acids is 1. The van der Waals surface area contributed by atoms with Crippen molar-refractivity contribution in [2.75, 3.05) is 11.8 Å². The fourth-order valence-corrected chi connectivity index (χ4v) is 6.85. The van der Waals surface area contributed by atoms with Crippen molar-refractivity contribution in [3.63, 3.8) is 0 Å². The van der Waals surface area contributed by atoms with Crippen LogP contribution in [-0.4, -0.2) is 37.8 Å². The molecule has 0 aliphatic heterocycles. The molecule has 0 bridgehead atoms. The zero-order chi connectivity index (χ0) is 32.2. The Hall–Kier alpha value is -4.18. The van der Waals surface area contributed by atoms with E-state index in [0.29, 0.717) is 17.4 Å². The predicted octanol–water partition coefficient (Wildman–Crippen LogP) is 7.74. The van der Waals surface area contributed by atoms with E-state index in [1.807, 2.05) is 4.72 Å². The molecule has 1 aliphatic rings. The second-order valence-corrected chi connectivity index (χ2v) is 12.3. The minimum Gasteiger partial charge on any atom is -0.495 e. The first-order chi connectivity index (χ1) is 20.5. The number of thiazole rings is 1. The number of anilines is 1. The fraction of sp³-hybridized carbons (Fsp3) is 0.214. The van der Waals surface area contributed by atoms with Crippen LogP contribution in [-0.2, 0) is 21.6 Å². The van der Waals surface area contributed by atoms with E-state index in [-0.39, 0.29) is 40.3 Å². The number of carboxylic acid groups (broad SMARTS) is 1. The van der Waals surface area contributed by atoms with Crippen LogP contribution in [0.15, 0.2) is 65.0 Å². The number of nitrogens with one attached hydrogen (secondary N) is 1. The van der Waals surface area contributed by atoms with E-state index in [0.717, 1.165) is 30.7 Å². The van der Waals surface area contributed by atoms with Crippen LogP contribution in [0.3, 0.4) is 0 Å². The molecule has 0 radical (unpaired) electrons. The third-order valence-electron chi connectivity index (χ3n) is 7.14. The molecule has 1 aliphatic carbocycles. The van der Waals surface area contributed by atoms with Crippen molar-refractivity contribution in [2.45, 2.75) is 35.6 Å². The molecule has 44 heavy (non-hydrogen) atoms. The average molecular weight is 661 g/mol. The van der Waals surface area contributed by atoms with Gasteiger partial charge in [0, 0.05) is 17.0 Å². The maximum absolute atomic E-state index is 14.2. The molecule has 0 unspecified atom stereocenters. The number of benzene rings is 3. The van der Waals surface area contributed by atoms with E-state index in [4.69, 9.17) is 9.84 Å². The lowest BCUT2D eigenvalue weighted by Gasteiger charge is -2.20. The Labute approximate surface area is 249 Å². The number of carbonyl (C=O) groups is 1. The molecule has 16 heteroatoms. The lowest BCUT2D eigenvalue weighted by atomic mass is 9.92. The smallest absolute Gasteiger partial charge is 0.417 e. The molecular weight excluding hydrogens is 641 g/mol. The van der Waals surface area contributed by atoms with Gasteiger partial charge >= 0.3 is 18.3 Å². The largest absolute Gasteiger partial charge is 0.495 e. The van der Waals surface area contributed by atoms with E-state index >= 15 is 0 Å². The van der Waals surface area contributed by atoms with Gasteiger partial charge in [0.2, 0.25) is 0 Å². The monoisotopic (exact) mass is 660 g/mol. The highest BCUT2D eigenvalue weighted by Gasteiger charge is 2.64. The molecule has 2 N–H and O–H groups in total. The molecule has 3 aromatic carbocycles. The molecule has 5 rings (SSSR count). The summed E-state index contributed by atoms with van der Waals surface area (Å²) in [5, 5.41) is 9.01. The van der Waals surface area contributed by atoms with Gasteiger partial charge in [0.05, 0.1) is 29.3 Å². The van der Waals surface area contributed by atoms with Crippen molar-refractivity contribution < 1.29 is 53.8 Å². The van der Waals surface area contributed by atoms with Gasteiger partial charge in [0.1, 0.15) is 16.6 Å². The molecule has 7 nitrogen and oxygen atoms in total. The lowest BCUT2D eigenvalue weighted by Crippen LogP contribution is -2.28. The summed E-state index contributed by atoms with van der Waals surface area (Å²) >= 11 is 0.586. The molecule has 0 atom stereocenters. The molecule has 1 aromatic heterocycles. The molecule has 4 aromatic rings. The average Bonchev–Trinajstić information content (AvgIpc) is 3.62.